The van der Waals surface area contributed by atoms with E-state index in [1.54, 1.807) is 0 Å². The first-order chi connectivity index (χ1) is 29.0. The number of hydrogen-bond acceptors (Lipinski definition) is 2. The van der Waals surface area contributed by atoms with E-state index in [2.05, 4.69) is 219 Å². The van der Waals surface area contributed by atoms with Crippen LogP contribution >= 0.6 is 0 Å². The zero-order valence-electron chi connectivity index (χ0n) is 32.9. The average Bonchev–Trinajstić information content (AvgIpc) is 3.76. The van der Waals surface area contributed by atoms with Gasteiger partial charge in [-0.05, 0) is 126 Å². The molecule has 0 amide bonds. The smallest absolute Gasteiger partial charge is 0.136 e. The van der Waals surface area contributed by atoms with E-state index in [9.17, 15) is 0 Å². The van der Waals surface area contributed by atoms with Crippen molar-refractivity contribution in [3.05, 3.63) is 211 Å². The van der Waals surface area contributed by atoms with Crippen LogP contribution in [-0.4, -0.2) is 0 Å². The molecule has 0 aliphatic heterocycles. The first-order valence-electron chi connectivity index (χ1n) is 20.5. The van der Waals surface area contributed by atoms with Crippen LogP contribution in [0.1, 0.15) is 25.0 Å². The molecule has 1 aromatic heterocycles. The first-order valence-corrected chi connectivity index (χ1v) is 20.5. The van der Waals surface area contributed by atoms with E-state index in [1.807, 2.05) is 0 Å². The highest BCUT2D eigenvalue weighted by Gasteiger charge is 2.39. The minimum Gasteiger partial charge on any atom is -0.456 e. The van der Waals surface area contributed by atoms with Gasteiger partial charge in [-0.3, -0.25) is 0 Å². The van der Waals surface area contributed by atoms with Gasteiger partial charge >= 0.3 is 0 Å². The third-order valence-electron chi connectivity index (χ3n) is 12.8. The van der Waals surface area contributed by atoms with Crippen molar-refractivity contribution in [2.24, 2.45) is 0 Å². The second-order valence-electron chi connectivity index (χ2n) is 16.5. The Kier molecular flexibility index (Phi) is 7.31. The lowest BCUT2D eigenvalue weighted by Crippen LogP contribution is -2.21. The molecule has 0 N–H and O–H groups in total. The van der Waals surface area contributed by atoms with Crippen LogP contribution in [0.25, 0.3) is 87.6 Å². The van der Waals surface area contributed by atoms with Crippen molar-refractivity contribution in [2.45, 2.75) is 19.3 Å². The van der Waals surface area contributed by atoms with Gasteiger partial charge < -0.3 is 9.32 Å². The normalized spacial score (nSPS) is 13.1. The molecule has 10 aromatic carbocycles. The summed E-state index contributed by atoms with van der Waals surface area (Å²) in [7, 11) is 0. The molecule has 59 heavy (non-hydrogen) atoms. The molecule has 1 aliphatic carbocycles. The van der Waals surface area contributed by atoms with Crippen LogP contribution < -0.4 is 4.90 Å². The summed E-state index contributed by atoms with van der Waals surface area (Å²) in [5, 5.41) is 9.71. The van der Waals surface area contributed by atoms with E-state index >= 15 is 0 Å². The monoisotopic (exact) mass is 753 g/mol. The molecular formula is C57H39NO. The SMILES string of the molecule is CC1(C)c2ccccc2-c2cccc(N(c3ccc(-c4cc5ccccc5c5ccccc45)cc3)c3ccccc3-c3ccc4oc5cc6ccccc6cc5c4c3)c21. The molecule has 2 heteroatoms. The van der Waals surface area contributed by atoms with Gasteiger partial charge in [0.15, 0.2) is 0 Å². The molecule has 1 heterocycles. The van der Waals surface area contributed by atoms with Crippen LogP contribution in [0.3, 0.4) is 0 Å². The lowest BCUT2D eigenvalue weighted by atomic mass is 9.81. The Morgan fingerprint density at radius 2 is 0.983 bits per heavy atom. The predicted molar refractivity (Wildman–Crippen MR) is 249 cm³/mol. The zero-order chi connectivity index (χ0) is 39.2. The van der Waals surface area contributed by atoms with Gasteiger partial charge in [-0.25, -0.2) is 0 Å². The number of rotatable bonds is 5. The highest BCUT2D eigenvalue weighted by Crippen LogP contribution is 2.55. The molecule has 0 bridgehead atoms. The molecule has 0 spiro atoms. The van der Waals surface area contributed by atoms with E-state index in [0.717, 1.165) is 44.4 Å². The van der Waals surface area contributed by atoms with Crippen molar-refractivity contribution < 1.29 is 4.42 Å². The van der Waals surface area contributed by atoms with Crippen LogP contribution in [0.5, 0.6) is 0 Å². The molecular weight excluding hydrogens is 715 g/mol. The molecule has 1 aliphatic rings. The van der Waals surface area contributed by atoms with E-state index in [4.69, 9.17) is 4.42 Å². The van der Waals surface area contributed by atoms with E-state index in [-0.39, 0.29) is 5.41 Å². The zero-order valence-corrected chi connectivity index (χ0v) is 32.9. The number of furan rings is 1. The van der Waals surface area contributed by atoms with Crippen molar-refractivity contribution >= 4 is 71.3 Å². The standard InChI is InChI=1S/C57H39NO/c1-57(2)51-23-11-9-21-46(51)47-22-13-25-53(56(47)57)58(41-29-26-36(27-30-41)48-33-39-16-5-6-17-42(39)44-19-7-8-20-45(44)48)52-24-12-10-18-43(52)40-28-31-54-49(34-40)50-32-37-14-3-4-15-38(37)35-55(50)59-54/h3-35H,1-2H3. The van der Waals surface area contributed by atoms with Crippen LogP contribution in [0.2, 0.25) is 0 Å². The van der Waals surface area contributed by atoms with Gasteiger partial charge in [-0.2, -0.15) is 0 Å². The Hall–Kier alpha value is -7.42. The first kappa shape index (κ1) is 33.7. The van der Waals surface area contributed by atoms with Crippen LogP contribution in [0, 0.1) is 0 Å². The van der Waals surface area contributed by atoms with E-state index in [0.29, 0.717) is 0 Å². The van der Waals surface area contributed by atoms with Crippen molar-refractivity contribution in [3.8, 4) is 33.4 Å². The third-order valence-corrected chi connectivity index (χ3v) is 12.8. The maximum Gasteiger partial charge on any atom is 0.136 e. The molecule has 2 nitrogen and oxygen atoms in total. The second kappa shape index (κ2) is 12.8. The average molecular weight is 754 g/mol. The molecule has 12 rings (SSSR count). The highest BCUT2D eigenvalue weighted by atomic mass is 16.3. The van der Waals surface area contributed by atoms with E-state index < -0.39 is 0 Å². The lowest BCUT2D eigenvalue weighted by molar-refractivity contribution is 0.661. The summed E-state index contributed by atoms with van der Waals surface area (Å²) in [4.78, 5) is 2.50. The molecule has 0 unspecified atom stereocenters. The molecule has 278 valence electrons. The number of benzene rings is 10. The summed E-state index contributed by atoms with van der Waals surface area (Å²) >= 11 is 0. The Morgan fingerprint density at radius 1 is 0.373 bits per heavy atom. The van der Waals surface area contributed by atoms with Gasteiger partial charge in [-0.1, -0.05) is 159 Å². The molecule has 0 atom stereocenters. The van der Waals surface area contributed by atoms with Gasteiger partial charge in [0.25, 0.3) is 0 Å². The van der Waals surface area contributed by atoms with Gasteiger partial charge in [0.05, 0.1) is 11.4 Å². The molecule has 0 radical (unpaired) electrons. The van der Waals surface area contributed by atoms with Crippen molar-refractivity contribution in [3.63, 3.8) is 0 Å². The van der Waals surface area contributed by atoms with Crippen LogP contribution in [-0.2, 0) is 5.41 Å². The van der Waals surface area contributed by atoms with Crippen molar-refractivity contribution in [2.75, 3.05) is 4.90 Å². The Balaban J connectivity index is 1.07. The van der Waals surface area contributed by atoms with Gasteiger partial charge in [0.1, 0.15) is 11.2 Å². The highest BCUT2D eigenvalue weighted by molar-refractivity contribution is 6.14. The molecule has 11 aromatic rings. The van der Waals surface area contributed by atoms with Crippen molar-refractivity contribution in [1.82, 2.24) is 0 Å². The topological polar surface area (TPSA) is 16.4 Å². The fourth-order valence-corrected chi connectivity index (χ4v) is 10.0. The summed E-state index contributed by atoms with van der Waals surface area (Å²) in [6.07, 6.45) is 0. The predicted octanol–water partition coefficient (Wildman–Crippen LogP) is 16.2. The molecule has 0 fully saturated rings. The fourth-order valence-electron chi connectivity index (χ4n) is 10.0. The van der Waals surface area contributed by atoms with Crippen molar-refractivity contribution in [1.29, 1.82) is 0 Å². The maximum absolute atomic E-state index is 6.46. The van der Waals surface area contributed by atoms with Gasteiger partial charge in [0, 0.05) is 27.4 Å². The summed E-state index contributed by atoms with van der Waals surface area (Å²) < 4.78 is 6.46. The van der Waals surface area contributed by atoms with Gasteiger partial charge in [0.2, 0.25) is 0 Å². The summed E-state index contributed by atoms with van der Waals surface area (Å²) in [6.45, 7) is 4.75. The summed E-state index contributed by atoms with van der Waals surface area (Å²) in [6, 6.07) is 73.3. The third kappa shape index (κ3) is 5.13. The van der Waals surface area contributed by atoms with E-state index in [1.165, 1.54) is 71.4 Å². The molecule has 0 saturated carbocycles. The number of hydrogen-bond donors (Lipinski definition) is 0. The number of para-hydroxylation sites is 1. The summed E-state index contributed by atoms with van der Waals surface area (Å²) in [5.74, 6) is 0. The number of fused-ring (bicyclic) bond motifs is 10. The molecule has 0 saturated heterocycles. The Morgan fingerprint density at radius 3 is 1.81 bits per heavy atom. The maximum atomic E-state index is 6.46. The number of anilines is 3. The van der Waals surface area contributed by atoms with Crippen LogP contribution in [0.4, 0.5) is 17.1 Å². The lowest BCUT2D eigenvalue weighted by Gasteiger charge is -2.33. The number of nitrogens with zero attached hydrogens (tertiary/aromatic N) is 1. The van der Waals surface area contributed by atoms with Crippen LogP contribution in [0.15, 0.2) is 205 Å². The Bertz CT molecular complexity index is 3480. The Labute approximate surface area is 343 Å². The van der Waals surface area contributed by atoms with Gasteiger partial charge in [-0.15, -0.1) is 0 Å². The summed E-state index contributed by atoms with van der Waals surface area (Å²) in [5.41, 5.74) is 15.0. The quantitative estimate of drug-likeness (QED) is 0.163. The fraction of sp³-hybridized carbons (Fsp3) is 0.0526. The minimum atomic E-state index is -0.211. The largest absolute Gasteiger partial charge is 0.456 e. The minimum absolute atomic E-state index is 0.211. The second-order valence-corrected chi connectivity index (χ2v) is 16.5.